The lowest BCUT2D eigenvalue weighted by atomic mass is 10.1. The predicted octanol–water partition coefficient (Wildman–Crippen LogP) is 1.56. The first kappa shape index (κ1) is 15.6. The lowest BCUT2D eigenvalue weighted by molar-refractivity contribution is 0.204. The van der Waals surface area contributed by atoms with Crippen molar-refractivity contribution in [1.82, 2.24) is 10.2 Å². The van der Waals surface area contributed by atoms with Gasteiger partial charge in [0.1, 0.15) is 0 Å². The van der Waals surface area contributed by atoms with Gasteiger partial charge in [0.25, 0.3) is 0 Å². The number of nitrogens with one attached hydrogen (secondary N) is 1. The maximum Gasteiger partial charge on any atom is 0.0558 e. The van der Waals surface area contributed by atoms with Crippen LogP contribution >= 0.6 is 11.6 Å². The van der Waals surface area contributed by atoms with Gasteiger partial charge in [-0.1, -0.05) is 11.6 Å². The molecule has 0 unspecified atom stereocenters. The van der Waals surface area contributed by atoms with Crippen LogP contribution in [-0.4, -0.2) is 56.4 Å². The summed E-state index contributed by atoms with van der Waals surface area (Å²) >= 11 is 6.11. The van der Waals surface area contributed by atoms with Crippen molar-refractivity contribution in [2.45, 2.75) is 13.0 Å². The van der Waals surface area contributed by atoms with E-state index in [2.05, 4.69) is 21.2 Å². The average molecular weight is 298 g/mol. The Morgan fingerprint density at radius 3 is 2.85 bits per heavy atom. The molecule has 1 fully saturated rings. The number of rotatable bonds is 5. The second kappa shape index (κ2) is 7.84. The zero-order valence-corrected chi connectivity index (χ0v) is 12.9. The summed E-state index contributed by atoms with van der Waals surface area (Å²) < 4.78 is 0. The lowest BCUT2D eigenvalue weighted by Gasteiger charge is -2.26. The molecular weight excluding hydrogens is 274 g/mol. The number of aliphatic hydroxyl groups is 1. The second-order valence-electron chi connectivity index (χ2n) is 5.21. The molecule has 0 saturated carbocycles. The number of benzene rings is 1. The van der Waals surface area contributed by atoms with Crippen LogP contribution in [0.15, 0.2) is 18.2 Å². The lowest BCUT2D eigenvalue weighted by Crippen LogP contribution is -2.33. The molecule has 4 nitrogen and oxygen atoms in total. The molecule has 0 aliphatic carbocycles. The van der Waals surface area contributed by atoms with Gasteiger partial charge in [-0.25, -0.2) is 0 Å². The number of nitrogens with zero attached hydrogens (tertiary/aromatic N) is 2. The molecule has 1 aliphatic heterocycles. The summed E-state index contributed by atoms with van der Waals surface area (Å²) in [5, 5.41) is 13.1. The van der Waals surface area contributed by atoms with Crippen molar-refractivity contribution in [3.63, 3.8) is 0 Å². The molecule has 20 heavy (non-hydrogen) atoms. The SMILES string of the molecule is CNCc1cc(Cl)ccc1N1CCCN(CCO)CC1. The van der Waals surface area contributed by atoms with E-state index in [4.69, 9.17) is 16.7 Å². The zero-order valence-electron chi connectivity index (χ0n) is 12.1. The Bertz CT molecular complexity index is 428. The number of anilines is 1. The molecule has 0 aromatic heterocycles. The molecule has 0 radical (unpaired) electrons. The van der Waals surface area contributed by atoms with Crippen molar-refractivity contribution in [1.29, 1.82) is 0 Å². The standard InChI is InChI=1S/C15H24ClN3O/c1-17-12-13-11-14(16)3-4-15(13)19-6-2-5-18(7-8-19)9-10-20/h3-4,11,17,20H,2,5-10,12H2,1H3. The largest absolute Gasteiger partial charge is 0.395 e. The van der Waals surface area contributed by atoms with E-state index < -0.39 is 0 Å². The first-order chi connectivity index (χ1) is 9.74. The highest BCUT2D eigenvalue weighted by atomic mass is 35.5. The molecule has 5 heteroatoms. The minimum absolute atomic E-state index is 0.242. The molecule has 1 aromatic rings. The monoisotopic (exact) mass is 297 g/mol. The van der Waals surface area contributed by atoms with Gasteiger partial charge in [0, 0.05) is 43.4 Å². The van der Waals surface area contributed by atoms with Gasteiger partial charge in [-0.3, -0.25) is 4.90 Å². The summed E-state index contributed by atoms with van der Waals surface area (Å²) in [6.07, 6.45) is 1.13. The van der Waals surface area contributed by atoms with Gasteiger partial charge in [-0.2, -0.15) is 0 Å². The number of β-amino-alcohol motifs (C(OH)–C–C–N with tert-alkyl or cyclic N) is 1. The van der Waals surface area contributed by atoms with E-state index in [1.165, 1.54) is 11.3 Å². The predicted molar refractivity (Wildman–Crippen MR) is 84.6 cm³/mol. The summed E-state index contributed by atoms with van der Waals surface area (Å²) in [6.45, 7) is 5.96. The fraction of sp³-hybridized carbons (Fsp3) is 0.600. The van der Waals surface area contributed by atoms with E-state index in [0.717, 1.165) is 50.7 Å². The normalized spacial score (nSPS) is 17.2. The van der Waals surface area contributed by atoms with Crippen molar-refractivity contribution < 1.29 is 5.11 Å². The third kappa shape index (κ3) is 4.09. The van der Waals surface area contributed by atoms with E-state index in [0.29, 0.717) is 0 Å². The van der Waals surface area contributed by atoms with Crippen molar-refractivity contribution in [3.8, 4) is 0 Å². The Morgan fingerprint density at radius 2 is 2.10 bits per heavy atom. The summed E-state index contributed by atoms with van der Waals surface area (Å²) in [6, 6.07) is 6.13. The van der Waals surface area contributed by atoms with Gasteiger partial charge in [0.2, 0.25) is 0 Å². The Hall–Kier alpha value is -0.810. The molecule has 0 spiro atoms. The van der Waals surface area contributed by atoms with Gasteiger partial charge in [0.15, 0.2) is 0 Å². The van der Waals surface area contributed by atoms with E-state index in [9.17, 15) is 0 Å². The van der Waals surface area contributed by atoms with E-state index in [-0.39, 0.29) is 6.61 Å². The van der Waals surface area contributed by atoms with Crippen LogP contribution in [0.2, 0.25) is 5.02 Å². The summed E-state index contributed by atoms with van der Waals surface area (Å²) in [5.74, 6) is 0. The van der Waals surface area contributed by atoms with E-state index in [1.807, 2.05) is 19.2 Å². The van der Waals surface area contributed by atoms with Crippen LogP contribution in [0.3, 0.4) is 0 Å². The molecule has 2 N–H and O–H groups in total. The van der Waals surface area contributed by atoms with Crippen LogP contribution in [0.25, 0.3) is 0 Å². The Morgan fingerprint density at radius 1 is 1.25 bits per heavy atom. The molecule has 1 aliphatic rings. The fourth-order valence-corrected chi connectivity index (χ4v) is 2.97. The van der Waals surface area contributed by atoms with E-state index >= 15 is 0 Å². The van der Waals surface area contributed by atoms with Crippen molar-refractivity contribution in [2.75, 3.05) is 51.3 Å². The van der Waals surface area contributed by atoms with Gasteiger partial charge < -0.3 is 15.3 Å². The second-order valence-corrected chi connectivity index (χ2v) is 5.65. The number of hydrogen-bond donors (Lipinski definition) is 2. The Kier molecular flexibility index (Phi) is 6.10. The molecule has 2 rings (SSSR count). The minimum Gasteiger partial charge on any atom is -0.395 e. The quantitative estimate of drug-likeness (QED) is 0.865. The van der Waals surface area contributed by atoms with Crippen LogP contribution in [0.4, 0.5) is 5.69 Å². The first-order valence-electron chi connectivity index (χ1n) is 7.26. The highest BCUT2D eigenvalue weighted by molar-refractivity contribution is 6.30. The molecule has 0 bridgehead atoms. The van der Waals surface area contributed by atoms with E-state index in [1.54, 1.807) is 0 Å². The Labute approximate surface area is 126 Å². The molecule has 1 saturated heterocycles. The van der Waals surface area contributed by atoms with Crippen LogP contribution in [0.5, 0.6) is 0 Å². The summed E-state index contributed by atoms with van der Waals surface area (Å²) in [5.41, 5.74) is 2.52. The minimum atomic E-state index is 0.242. The Balaban J connectivity index is 2.10. The van der Waals surface area contributed by atoms with Crippen molar-refractivity contribution in [3.05, 3.63) is 28.8 Å². The van der Waals surface area contributed by atoms with Crippen LogP contribution in [-0.2, 0) is 6.54 Å². The third-order valence-electron chi connectivity index (χ3n) is 3.75. The van der Waals surface area contributed by atoms with Crippen molar-refractivity contribution in [2.24, 2.45) is 0 Å². The van der Waals surface area contributed by atoms with Gasteiger partial charge in [0.05, 0.1) is 6.61 Å². The van der Waals surface area contributed by atoms with Crippen molar-refractivity contribution >= 4 is 17.3 Å². The first-order valence-corrected chi connectivity index (χ1v) is 7.63. The smallest absolute Gasteiger partial charge is 0.0558 e. The van der Waals surface area contributed by atoms with Crippen LogP contribution < -0.4 is 10.2 Å². The van der Waals surface area contributed by atoms with Crippen LogP contribution in [0, 0.1) is 0 Å². The number of aliphatic hydroxyl groups excluding tert-OH is 1. The molecule has 1 aromatic carbocycles. The maximum absolute atomic E-state index is 9.06. The van der Waals surface area contributed by atoms with Gasteiger partial charge >= 0.3 is 0 Å². The number of hydrogen-bond acceptors (Lipinski definition) is 4. The zero-order chi connectivity index (χ0) is 14.4. The van der Waals surface area contributed by atoms with Crippen LogP contribution in [0.1, 0.15) is 12.0 Å². The molecule has 0 atom stereocenters. The highest BCUT2D eigenvalue weighted by Crippen LogP contribution is 2.25. The molecular formula is C15H24ClN3O. The van der Waals surface area contributed by atoms with Gasteiger partial charge in [-0.05, 0) is 43.8 Å². The maximum atomic E-state index is 9.06. The highest BCUT2D eigenvalue weighted by Gasteiger charge is 2.17. The summed E-state index contributed by atoms with van der Waals surface area (Å²) in [4.78, 5) is 4.76. The summed E-state index contributed by atoms with van der Waals surface area (Å²) in [7, 11) is 1.95. The molecule has 112 valence electrons. The average Bonchev–Trinajstić information content (AvgIpc) is 2.66. The molecule has 1 heterocycles. The van der Waals surface area contributed by atoms with Gasteiger partial charge in [-0.15, -0.1) is 0 Å². The topological polar surface area (TPSA) is 38.7 Å². The molecule has 0 amide bonds. The fourth-order valence-electron chi connectivity index (χ4n) is 2.77. The number of halogens is 1. The third-order valence-corrected chi connectivity index (χ3v) is 3.99.